The van der Waals surface area contributed by atoms with Crippen molar-refractivity contribution < 1.29 is 18.7 Å². The quantitative estimate of drug-likeness (QED) is 0.795. The third-order valence-electron chi connectivity index (χ3n) is 2.23. The molecule has 5 heteroatoms. The van der Waals surface area contributed by atoms with E-state index < -0.39 is 0 Å². The summed E-state index contributed by atoms with van der Waals surface area (Å²) in [6.45, 7) is 0.353. The van der Waals surface area contributed by atoms with Gasteiger partial charge in [-0.1, -0.05) is 5.16 Å². The summed E-state index contributed by atoms with van der Waals surface area (Å²) in [5, 5.41) is 3.75. The van der Waals surface area contributed by atoms with Gasteiger partial charge in [0, 0.05) is 12.1 Å². The maximum absolute atomic E-state index is 5.53. The Balaban J connectivity index is 2.06. The second-order valence-corrected chi connectivity index (χ2v) is 3.30. The van der Waals surface area contributed by atoms with Crippen molar-refractivity contribution in [3.05, 3.63) is 36.2 Å². The van der Waals surface area contributed by atoms with Crippen molar-refractivity contribution in [3.63, 3.8) is 0 Å². The van der Waals surface area contributed by atoms with Crippen LogP contribution in [-0.4, -0.2) is 19.4 Å². The maximum Gasteiger partial charge on any atom is 0.164 e. The maximum atomic E-state index is 5.53. The van der Waals surface area contributed by atoms with E-state index in [1.165, 1.54) is 6.26 Å². The fourth-order valence-electron chi connectivity index (χ4n) is 1.38. The molecular weight excluding hydrogens is 222 g/mol. The largest absolute Gasteiger partial charge is 0.493 e. The van der Waals surface area contributed by atoms with Crippen LogP contribution in [0.2, 0.25) is 0 Å². The Morgan fingerprint density at radius 2 is 1.94 bits per heavy atom. The van der Waals surface area contributed by atoms with E-state index >= 15 is 0 Å². The van der Waals surface area contributed by atoms with E-state index in [-0.39, 0.29) is 0 Å². The van der Waals surface area contributed by atoms with Crippen molar-refractivity contribution >= 4 is 0 Å². The molecule has 1 aromatic heterocycles. The summed E-state index contributed by atoms with van der Waals surface area (Å²) in [6.07, 6.45) is 1.51. The van der Waals surface area contributed by atoms with Crippen LogP contribution in [0.15, 0.2) is 35.1 Å². The number of aromatic nitrogens is 1. The predicted molar refractivity (Wildman–Crippen MR) is 60.4 cm³/mol. The van der Waals surface area contributed by atoms with Gasteiger partial charge in [0.1, 0.15) is 24.3 Å². The second kappa shape index (κ2) is 5.25. The summed E-state index contributed by atoms with van der Waals surface area (Å²) in [5.41, 5.74) is 0.736. The summed E-state index contributed by atoms with van der Waals surface area (Å²) in [4.78, 5) is 0. The summed E-state index contributed by atoms with van der Waals surface area (Å²) < 4.78 is 20.6. The summed E-state index contributed by atoms with van der Waals surface area (Å²) >= 11 is 0. The molecule has 2 aromatic rings. The molecule has 0 spiro atoms. The first-order valence-corrected chi connectivity index (χ1v) is 5.07. The molecule has 0 atom stereocenters. The molecule has 0 radical (unpaired) electrons. The van der Waals surface area contributed by atoms with Crippen LogP contribution in [0.4, 0.5) is 0 Å². The Morgan fingerprint density at radius 3 is 2.59 bits per heavy atom. The third kappa shape index (κ3) is 2.69. The smallest absolute Gasteiger partial charge is 0.164 e. The molecule has 0 bridgehead atoms. The normalized spacial score (nSPS) is 10.0. The lowest BCUT2D eigenvalue weighted by Gasteiger charge is -2.09. The minimum Gasteiger partial charge on any atom is -0.493 e. The molecule has 0 saturated carbocycles. The Kier molecular flexibility index (Phi) is 3.49. The number of benzene rings is 1. The van der Waals surface area contributed by atoms with E-state index in [1.54, 1.807) is 38.5 Å². The highest BCUT2D eigenvalue weighted by atomic mass is 16.5. The van der Waals surface area contributed by atoms with E-state index in [1.807, 2.05) is 0 Å². The van der Waals surface area contributed by atoms with Gasteiger partial charge in [0.15, 0.2) is 11.5 Å². The lowest BCUT2D eigenvalue weighted by atomic mass is 10.3. The molecule has 0 saturated heterocycles. The predicted octanol–water partition coefficient (Wildman–Crippen LogP) is 2.27. The number of methoxy groups -OCH3 is 2. The highest BCUT2D eigenvalue weighted by Gasteiger charge is 2.05. The highest BCUT2D eigenvalue weighted by Crippen LogP contribution is 2.31. The number of ether oxygens (including phenoxy) is 3. The Bertz CT molecular complexity index is 467. The SMILES string of the molecule is COc1ccc(OCc2ccon2)cc1OC. The molecule has 0 aliphatic heterocycles. The molecule has 0 amide bonds. The van der Waals surface area contributed by atoms with Gasteiger partial charge in [-0.15, -0.1) is 0 Å². The van der Waals surface area contributed by atoms with Gasteiger partial charge in [-0.3, -0.25) is 0 Å². The molecule has 0 aliphatic rings. The summed E-state index contributed by atoms with van der Waals surface area (Å²) in [5.74, 6) is 1.98. The fourth-order valence-corrected chi connectivity index (χ4v) is 1.38. The van der Waals surface area contributed by atoms with Gasteiger partial charge >= 0.3 is 0 Å². The molecule has 90 valence electrons. The summed E-state index contributed by atoms with van der Waals surface area (Å²) in [7, 11) is 3.17. The van der Waals surface area contributed by atoms with Gasteiger partial charge in [-0.05, 0) is 12.1 Å². The Hall–Kier alpha value is -2.17. The van der Waals surface area contributed by atoms with Crippen LogP contribution in [0, 0.1) is 0 Å². The van der Waals surface area contributed by atoms with Crippen LogP contribution in [0.5, 0.6) is 17.2 Å². The first kappa shape index (κ1) is 11.3. The van der Waals surface area contributed by atoms with Crippen LogP contribution in [0.25, 0.3) is 0 Å². The van der Waals surface area contributed by atoms with Crippen molar-refractivity contribution in [3.8, 4) is 17.2 Å². The van der Waals surface area contributed by atoms with Crippen molar-refractivity contribution in [2.75, 3.05) is 14.2 Å². The summed E-state index contributed by atoms with van der Waals surface area (Å²) in [6, 6.07) is 7.11. The Morgan fingerprint density at radius 1 is 1.12 bits per heavy atom. The van der Waals surface area contributed by atoms with Crippen molar-refractivity contribution in [1.82, 2.24) is 5.16 Å². The molecule has 17 heavy (non-hydrogen) atoms. The minimum absolute atomic E-state index is 0.353. The van der Waals surface area contributed by atoms with E-state index in [2.05, 4.69) is 5.16 Å². The number of nitrogens with zero attached hydrogens (tertiary/aromatic N) is 1. The molecule has 0 fully saturated rings. The van der Waals surface area contributed by atoms with Crippen LogP contribution in [0.1, 0.15) is 5.69 Å². The zero-order valence-electron chi connectivity index (χ0n) is 9.67. The average Bonchev–Trinajstić information content (AvgIpc) is 2.89. The number of hydrogen-bond donors (Lipinski definition) is 0. The molecule has 2 rings (SSSR count). The third-order valence-corrected chi connectivity index (χ3v) is 2.23. The second-order valence-electron chi connectivity index (χ2n) is 3.30. The van der Waals surface area contributed by atoms with E-state index in [9.17, 15) is 0 Å². The average molecular weight is 235 g/mol. The molecule has 1 aromatic carbocycles. The van der Waals surface area contributed by atoms with E-state index in [0.29, 0.717) is 23.9 Å². The van der Waals surface area contributed by atoms with Gasteiger partial charge in [-0.2, -0.15) is 0 Å². The van der Waals surface area contributed by atoms with Crippen molar-refractivity contribution in [1.29, 1.82) is 0 Å². The van der Waals surface area contributed by atoms with Crippen LogP contribution >= 0.6 is 0 Å². The topological polar surface area (TPSA) is 53.7 Å². The van der Waals surface area contributed by atoms with Crippen LogP contribution < -0.4 is 14.2 Å². The van der Waals surface area contributed by atoms with Gasteiger partial charge in [0.2, 0.25) is 0 Å². The molecule has 1 heterocycles. The molecule has 0 aliphatic carbocycles. The first-order valence-electron chi connectivity index (χ1n) is 5.07. The fraction of sp³-hybridized carbons (Fsp3) is 0.250. The van der Waals surface area contributed by atoms with Crippen LogP contribution in [-0.2, 0) is 6.61 Å². The van der Waals surface area contributed by atoms with Crippen LogP contribution in [0.3, 0.4) is 0 Å². The minimum atomic E-state index is 0.353. The van der Waals surface area contributed by atoms with Gasteiger partial charge in [-0.25, -0.2) is 0 Å². The van der Waals surface area contributed by atoms with Gasteiger partial charge in [0.05, 0.1) is 14.2 Å². The molecule has 5 nitrogen and oxygen atoms in total. The lowest BCUT2D eigenvalue weighted by Crippen LogP contribution is -1.97. The molecular formula is C12H13NO4. The first-order chi connectivity index (χ1) is 8.33. The van der Waals surface area contributed by atoms with Crippen molar-refractivity contribution in [2.45, 2.75) is 6.61 Å². The lowest BCUT2D eigenvalue weighted by molar-refractivity contribution is 0.285. The Labute approximate surface area is 98.9 Å². The number of hydrogen-bond acceptors (Lipinski definition) is 5. The van der Waals surface area contributed by atoms with E-state index in [0.717, 1.165) is 5.69 Å². The molecule has 0 unspecified atom stereocenters. The molecule has 0 N–H and O–H groups in total. The standard InChI is InChI=1S/C12H13NO4/c1-14-11-4-3-10(7-12(11)15-2)16-8-9-5-6-17-13-9/h3-7H,8H2,1-2H3. The van der Waals surface area contributed by atoms with E-state index in [4.69, 9.17) is 18.7 Å². The zero-order chi connectivity index (χ0) is 12.1. The van der Waals surface area contributed by atoms with Gasteiger partial charge in [0.25, 0.3) is 0 Å². The van der Waals surface area contributed by atoms with Gasteiger partial charge < -0.3 is 18.7 Å². The monoisotopic (exact) mass is 235 g/mol. The number of rotatable bonds is 5. The zero-order valence-corrected chi connectivity index (χ0v) is 9.67. The highest BCUT2D eigenvalue weighted by molar-refractivity contribution is 5.45. The van der Waals surface area contributed by atoms with Crippen molar-refractivity contribution in [2.24, 2.45) is 0 Å².